The Hall–Kier alpha value is -1.98. The quantitative estimate of drug-likeness (QED) is 0.889. The molecule has 0 atom stereocenters. The molecule has 5 nitrogen and oxygen atoms in total. The molecule has 0 aliphatic carbocycles. The lowest BCUT2D eigenvalue weighted by atomic mass is 10.2. The molecule has 0 aliphatic heterocycles. The third-order valence-electron chi connectivity index (χ3n) is 2.99. The van der Waals surface area contributed by atoms with E-state index in [4.69, 9.17) is 31.5 Å². The van der Waals surface area contributed by atoms with Crippen LogP contribution in [0, 0.1) is 0 Å². The molecule has 6 heteroatoms. The first-order valence-electron chi connectivity index (χ1n) is 6.36. The Morgan fingerprint density at radius 2 is 2.00 bits per heavy atom. The van der Waals surface area contributed by atoms with E-state index in [1.54, 1.807) is 32.5 Å². The molecule has 2 rings (SSSR count). The summed E-state index contributed by atoms with van der Waals surface area (Å²) in [5, 5.41) is 0.584. The Bertz CT molecular complexity index is 620. The monoisotopic (exact) mass is 308 g/mol. The van der Waals surface area contributed by atoms with Gasteiger partial charge in [0.05, 0.1) is 14.2 Å². The second kappa shape index (κ2) is 7.15. The zero-order chi connectivity index (χ0) is 15.2. The van der Waals surface area contributed by atoms with Gasteiger partial charge in [0.2, 0.25) is 0 Å². The molecule has 0 unspecified atom stereocenters. The van der Waals surface area contributed by atoms with Crippen LogP contribution < -0.4 is 19.9 Å². The first-order valence-corrected chi connectivity index (χ1v) is 6.74. The summed E-state index contributed by atoms with van der Waals surface area (Å²) in [6, 6.07) is 7.13. The molecule has 0 fully saturated rings. The van der Waals surface area contributed by atoms with E-state index in [1.165, 1.54) is 0 Å². The number of ether oxygens (including phenoxy) is 3. The number of pyridine rings is 1. The van der Waals surface area contributed by atoms with Gasteiger partial charge < -0.3 is 19.9 Å². The van der Waals surface area contributed by atoms with Crippen molar-refractivity contribution >= 4 is 11.6 Å². The van der Waals surface area contributed by atoms with Crippen molar-refractivity contribution in [3.63, 3.8) is 0 Å². The van der Waals surface area contributed by atoms with E-state index in [1.807, 2.05) is 12.1 Å². The van der Waals surface area contributed by atoms with Gasteiger partial charge in [0.25, 0.3) is 0 Å². The fourth-order valence-corrected chi connectivity index (χ4v) is 2.14. The molecule has 1 aromatic heterocycles. The highest BCUT2D eigenvalue weighted by Crippen LogP contribution is 2.30. The molecule has 0 amide bonds. The van der Waals surface area contributed by atoms with Crippen molar-refractivity contribution in [2.24, 2.45) is 5.73 Å². The van der Waals surface area contributed by atoms with Gasteiger partial charge >= 0.3 is 0 Å². The molecule has 0 bridgehead atoms. The largest absolute Gasteiger partial charge is 0.493 e. The minimum Gasteiger partial charge on any atom is -0.493 e. The van der Waals surface area contributed by atoms with E-state index in [-0.39, 0.29) is 6.61 Å². The first-order chi connectivity index (χ1) is 10.2. The van der Waals surface area contributed by atoms with Gasteiger partial charge in [0.15, 0.2) is 11.5 Å². The molecule has 0 radical (unpaired) electrons. The van der Waals surface area contributed by atoms with Gasteiger partial charge in [0, 0.05) is 23.8 Å². The molecular weight excluding hydrogens is 292 g/mol. The average Bonchev–Trinajstić information content (AvgIpc) is 2.52. The second-order valence-electron chi connectivity index (χ2n) is 4.24. The van der Waals surface area contributed by atoms with Crippen LogP contribution in [-0.4, -0.2) is 19.2 Å². The Kier molecular flexibility index (Phi) is 5.25. The predicted octanol–water partition coefficient (Wildman–Crippen LogP) is 2.79. The normalized spacial score (nSPS) is 10.3. The molecule has 0 spiro atoms. The fraction of sp³-hybridized carbons (Fsp3) is 0.267. The molecule has 0 saturated carbocycles. The molecule has 0 saturated heterocycles. The number of aromatic nitrogens is 1. The lowest BCUT2D eigenvalue weighted by Crippen LogP contribution is -2.03. The van der Waals surface area contributed by atoms with Crippen molar-refractivity contribution in [1.82, 2.24) is 4.98 Å². The van der Waals surface area contributed by atoms with Crippen LogP contribution in [0.15, 0.2) is 30.5 Å². The minimum atomic E-state index is 0.249. The van der Waals surface area contributed by atoms with Gasteiger partial charge in [0.1, 0.15) is 18.1 Å². The number of hydrogen-bond donors (Lipinski definition) is 1. The smallest absolute Gasteiger partial charge is 0.185 e. The van der Waals surface area contributed by atoms with E-state index in [0.29, 0.717) is 34.5 Å². The second-order valence-corrected chi connectivity index (χ2v) is 4.65. The minimum absolute atomic E-state index is 0.249. The zero-order valence-corrected chi connectivity index (χ0v) is 12.7. The molecular formula is C15H17ClN2O3. The van der Waals surface area contributed by atoms with Crippen LogP contribution in [0.1, 0.15) is 11.3 Å². The van der Waals surface area contributed by atoms with Gasteiger partial charge in [-0.2, -0.15) is 0 Å². The molecule has 21 heavy (non-hydrogen) atoms. The highest BCUT2D eigenvalue weighted by Gasteiger charge is 2.12. The number of hydrogen-bond acceptors (Lipinski definition) is 5. The lowest BCUT2D eigenvalue weighted by Gasteiger charge is -2.13. The summed E-state index contributed by atoms with van der Waals surface area (Å²) < 4.78 is 16.2. The summed E-state index contributed by atoms with van der Waals surface area (Å²) in [4.78, 5) is 4.25. The van der Waals surface area contributed by atoms with Crippen LogP contribution in [0.5, 0.6) is 17.2 Å². The topological polar surface area (TPSA) is 66.6 Å². The van der Waals surface area contributed by atoms with Crippen LogP contribution in [0.4, 0.5) is 0 Å². The van der Waals surface area contributed by atoms with Gasteiger partial charge in [-0.15, -0.1) is 0 Å². The highest BCUT2D eigenvalue weighted by atomic mass is 35.5. The van der Waals surface area contributed by atoms with E-state index in [9.17, 15) is 0 Å². The van der Waals surface area contributed by atoms with Crippen LogP contribution in [0.2, 0.25) is 5.02 Å². The summed E-state index contributed by atoms with van der Waals surface area (Å²) in [6.07, 6.45) is 1.64. The SMILES string of the molecule is COc1ccnc(COc2ccc(CN)c(Cl)c2)c1OC. The first kappa shape index (κ1) is 15.4. The Morgan fingerprint density at radius 3 is 2.62 bits per heavy atom. The number of halogens is 1. The van der Waals surface area contributed by atoms with E-state index in [2.05, 4.69) is 4.98 Å². The Balaban J connectivity index is 2.15. The average molecular weight is 309 g/mol. The van der Waals surface area contributed by atoms with Crippen LogP contribution in [0.25, 0.3) is 0 Å². The summed E-state index contributed by atoms with van der Waals surface area (Å²) in [7, 11) is 3.14. The Morgan fingerprint density at radius 1 is 1.19 bits per heavy atom. The van der Waals surface area contributed by atoms with Crippen molar-refractivity contribution in [2.45, 2.75) is 13.2 Å². The molecule has 1 aromatic carbocycles. The lowest BCUT2D eigenvalue weighted by molar-refractivity contribution is 0.285. The maximum Gasteiger partial charge on any atom is 0.185 e. The molecule has 2 N–H and O–H groups in total. The zero-order valence-electron chi connectivity index (χ0n) is 11.9. The van der Waals surface area contributed by atoms with Crippen LogP contribution in [0.3, 0.4) is 0 Å². The standard InChI is InChI=1S/C15H17ClN2O3/c1-19-14-5-6-18-13(15(14)20-2)9-21-11-4-3-10(8-17)12(16)7-11/h3-7H,8-9,17H2,1-2H3. The summed E-state index contributed by atoms with van der Waals surface area (Å²) >= 11 is 6.10. The molecule has 112 valence electrons. The maximum atomic E-state index is 6.10. The van der Waals surface area contributed by atoms with Gasteiger partial charge in [-0.3, -0.25) is 4.98 Å². The summed E-state index contributed by atoms with van der Waals surface area (Å²) in [5.41, 5.74) is 7.09. The van der Waals surface area contributed by atoms with Crippen molar-refractivity contribution in [1.29, 1.82) is 0 Å². The number of nitrogens with two attached hydrogens (primary N) is 1. The van der Waals surface area contributed by atoms with Gasteiger partial charge in [-0.25, -0.2) is 0 Å². The summed E-state index contributed by atoms with van der Waals surface area (Å²) in [5.74, 6) is 1.82. The van der Waals surface area contributed by atoms with Gasteiger partial charge in [-0.05, 0) is 17.7 Å². The number of methoxy groups -OCH3 is 2. The fourth-order valence-electron chi connectivity index (χ4n) is 1.89. The molecule has 0 aliphatic rings. The van der Waals surface area contributed by atoms with E-state index >= 15 is 0 Å². The van der Waals surface area contributed by atoms with Crippen molar-refractivity contribution in [2.75, 3.05) is 14.2 Å². The molecule has 2 aromatic rings. The third-order valence-corrected chi connectivity index (χ3v) is 3.34. The number of nitrogens with zero attached hydrogens (tertiary/aromatic N) is 1. The van der Waals surface area contributed by atoms with Crippen molar-refractivity contribution in [3.05, 3.63) is 46.7 Å². The Labute approximate surface area is 128 Å². The van der Waals surface area contributed by atoms with E-state index < -0.39 is 0 Å². The predicted molar refractivity (Wildman–Crippen MR) is 81.0 cm³/mol. The van der Waals surface area contributed by atoms with Crippen LogP contribution >= 0.6 is 11.6 Å². The number of benzene rings is 1. The highest BCUT2D eigenvalue weighted by molar-refractivity contribution is 6.31. The third kappa shape index (κ3) is 3.56. The van der Waals surface area contributed by atoms with Crippen molar-refractivity contribution < 1.29 is 14.2 Å². The number of rotatable bonds is 6. The van der Waals surface area contributed by atoms with E-state index in [0.717, 1.165) is 5.56 Å². The van der Waals surface area contributed by atoms with Crippen molar-refractivity contribution in [3.8, 4) is 17.2 Å². The summed E-state index contributed by atoms with van der Waals surface area (Å²) in [6.45, 7) is 0.642. The van der Waals surface area contributed by atoms with Gasteiger partial charge in [-0.1, -0.05) is 17.7 Å². The molecule has 1 heterocycles. The van der Waals surface area contributed by atoms with Crippen LogP contribution in [-0.2, 0) is 13.2 Å². The maximum absolute atomic E-state index is 6.10.